The molecule has 0 radical (unpaired) electrons. The number of fused-ring (bicyclic) bond motifs is 1. The predicted octanol–water partition coefficient (Wildman–Crippen LogP) is 4.39. The molecule has 1 aliphatic carbocycles. The molecular weight excluding hydrogens is 360 g/mol. The van der Waals surface area contributed by atoms with Gasteiger partial charge >= 0.3 is 0 Å². The van der Waals surface area contributed by atoms with E-state index in [1.54, 1.807) is 12.4 Å². The summed E-state index contributed by atoms with van der Waals surface area (Å²) in [6, 6.07) is 16.1. The second-order valence-corrected chi connectivity index (χ2v) is 7.27. The first-order chi connectivity index (χ1) is 14.3. The summed E-state index contributed by atoms with van der Waals surface area (Å²) in [4.78, 5) is 14.1. The highest BCUT2D eigenvalue weighted by atomic mass is 15.3. The molecule has 3 aromatic heterocycles. The fourth-order valence-electron chi connectivity index (χ4n) is 3.92. The smallest absolute Gasteiger partial charge is 0.180 e. The molecule has 3 heterocycles. The number of anilines is 1. The van der Waals surface area contributed by atoms with Crippen LogP contribution in [0.4, 0.5) is 5.82 Å². The molecule has 1 unspecified atom stereocenters. The van der Waals surface area contributed by atoms with Crippen molar-refractivity contribution in [1.29, 1.82) is 0 Å². The van der Waals surface area contributed by atoms with Crippen molar-refractivity contribution in [3.63, 3.8) is 0 Å². The number of aryl methyl sites for hydroxylation is 1. The van der Waals surface area contributed by atoms with E-state index in [0.29, 0.717) is 5.82 Å². The predicted molar refractivity (Wildman–Crippen MR) is 113 cm³/mol. The highest BCUT2D eigenvalue weighted by molar-refractivity contribution is 5.59. The first-order valence-corrected chi connectivity index (χ1v) is 9.96. The Labute approximate surface area is 169 Å². The molecule has 0 spiro atoms. The van der Waals surface area contributed by atoms with E-state index in [-0.39, 0.29) is 6.04 Å². The van der Waals surface area contributed by atoms with Gasteiger partial charge in [-0.3, -0.25) is 4.98 Å². The number of nitrogens with zero attached hydrogens (tertiary/aromatic N) is 5. The number of hydrogen-bond donors (Lipinski definition) is 1. The zero-order chi connectivity index (χ0) is 19.6. The van der Waals surface area contributed by atoms with Crippen LogP contribution in [0.5, 0.6) is 0 Å². The number of hydrogen-bond acceptors (Lipinski definition) is 5. The quantitative estimate of drug-likeness (QED) is 0.554. The maximum absolute atomic E-state index is 4.87. The lowest BCUT2D eigenvalue weighted by Gasteiger charge is -2.20. The van der Waals surface area contributed by atoms with Gasteiger partial charge in [-0.1, -0.05) is 24.3 Å². The second-order valence-electron chi connectivity index (χ2n) is 7.27. The average molecular weight is 382 g/mol. The van der Waals surface area contributed by atoms with Crippen molar-refractivity contribution in [3.8, 4) is 17.2 Å². The molecule has 0 saturated carbocycles. The third-order valence-electron chi connectivity index (χ3n) is 5.33. The Morgan fingerprint density at radius 2 is 1.86 bits per heavy atom. The molecule has 1 aromatic carbocycles. The van der Waals surface area contributed by atoms with Crippen LogP contribution in [0.2, 0.25) is 0 Å². The Hall–Kier alpha value is -3.54. The minimum Gasteiger partial charge on any atom is -0.363 e. The summed E-state index contributed by atoms with van der Waals surface area (Å²) in [6.45, 7) is 2.16. The number of nitrogens with one attached hydrogen (secondary N) is 1. The minimum atomic E-state index is 0.0617. The molecule has 1 aliphatic rings. The molecular formula is C23H22N6. The number of aromatic nitrogens is 5. The topological polar surface area (TPSA) is 68.5 Å². The number of para-hydroxylation sites is 1. The summed E-state index contributed by atoms with van der Waals surface area (Å²) in [5, 5.41) is 8.05. The Balaban J connectivity index is 1.52. The van der Waals surface area contributed by atoms with Crippen LogP contribution in [0.1, 0.15) is 36.2 Å². The van der Waals surface area contributed by atoms with Crippen molar-refractivity contribution in [3.05, 3.63) is 83.9 Å². The zero-order valence-electron chi connectivity index (χ0n) is 16.3. The molecule has 0 amide bonds. The molecule has 0 saturated heterocycles. The fraction of sp³-hybridized carbons (Fsp3) is 0.217. The Morgan fingerprint density at radius 1 is 0.966 bits per heavy atom. The van der Waals surface area contributed by atoms with E-state index in [0.717, 1.165) is 42.2 Å². The van der Waals surface area contributed by atoms with Gasteiger partial charge in [-0.05, 0) is 56.0 Å². The molecule has 1 N–H and O–H groups in total. The van der Waals surface area contributed by atoms with Gasteiger partial charge in [-0.2, -0.15) is 5.10 Å². The fourth-order valence-corrected chi connectivity index (χ4v) is 3.92. The number of rotatable bonds is 5. The Kier molecular flexibility index (Phi) is 4.52. The van der Waals surface area contributed by atoms with Gasteiger partial charge in [0.2, 0.25) is 0 Å². The van der Waals surface area contributed by atoms with Crippen molar-refractivity contribution in [2.24, 2.45) is 0 Å². The maximum Gasteiger partial charge on any atom is 0.180 e. The van der Waals surface area contributed by atoms with Crippen LogP contribution in [-0.2, 0) is 12.8 Å². The van der Waals surface area contributed by atoms with Gasteiger partial charge in [-0.15, -0.1) is 0 Å². The van der Waals surface area contributed by atoms with E-state index in [4.69, 9.17) is 9.97 Å². The second kappa shape index (κ2) is 7.47. The van der Waals surface area contributed by atoms with Crippen LogP contribution in [-0.4, -0.2) is 24.7 Å². The van der Waals surface area contributed by atoms with E-state index < -0.39 is 0 Å². The number of benzene rings is 1. The molecule has 0 aliphatic heterocycles. The van der Waals surface area contributed by atoms with Crippen LogP contribution in [0.15, 0.2) is 67.1 Å². The van der Waals surface area contributed by atoms with E-state index in [2.05, 4.69) is 40.5 Å². The average Bonchev–Trinajstić information content (AvgIpc) is 3.46. The summed E-state index contributed by atoms with van der Waals surface area (Å²) in [5.74, 6) is 1.59. The molecule has 5 rings (SSSR count). The lowest BCUT2D eigenvalue weighted by molar-refractivity contribution is 0.811. The van der Waals surface area contributed by atoms with E-state index in [9.17, 15) is 0 Å². The first-order valence-electron chi connectivity index (χ1n) is 9.96. The molecule has 0 bridgehead atoms. The highest BCUT2D eigenvalue weighted by Crippen LogP contribution is 2.32. The Morgan fingerprint density at radius 3 is 2.69 bits per heavy atom. The molecule has 6 nitrogen and oxygen atoms in total. The summed E-state index contributed by atoms with van der Waals surface area (Å²) in [5.41, 5.74) is 5.40. The standard InChI is InChI=1S/C23H22N6/c1-16(17-8-2-3-12-21(17)29-15-7-14-25-29)26-22-18-9-6-11-19(18)27-23(28-22)20-10-4-5-13-24-20/h2-5,7-8,10,12-16H,6,9,11H2,1H3,(H,26,27,28). The van der Waals surface area contributed by atoms with Gasteiger partial charge in [0.05, 0.1) is 11.7 Å². The Bertz CT molecular complexity index is 1120. The van der Waals surface area contributed by atoms with Crippen molar-refractivity contribution in [2.75, 3.05) is 5.32 Å². The summed E-state index contributed by atoms with van der Waals surface area (Å²) < 4.78 is 1.90. The molecule has 1 atom stereocenters. The zero-order valence-corrected chi connectivity index (χ0v) is 16.3. The van der Waals surface area contributed by atoms with Gasteiger partial charge < -0.3 is 5.32 Å². The third-order valence-corrected chi connectivity index (χ3v) is 5.33. The van der Waals surface area contributed by atoms with Crippen molar-refractivity contribution >= 4 is 5.82 Å². The van der Waals surface area contributed by atoms with Crippen molar-refractivity contribution in [1.82, 2.24) is 24.7 Å². The van der Waals surface area contributed by atoms with Crippen molar-refractivity contribution in [2.45, 2.75) is 32.2 Å². The SMILES string of the molecule is CC(Nc1nc(-c2ccccn2)nc2c1CCC2)c1ccccc1-n1cccn1. The van der Waals surface area contributed by atoms with Gasteiger partial charge in [0, 0.05) is 29.8 Å². The lowest BCUT2D eigenvalue weighted by atomic mass is 10.1. The van der Waals surface area contributed by atoms with Crippen LogP contribution in [0.25, 0.3) is 17.2 Å². The van der Waals surface area contributed by atoms with Crippen LogP contribution >= 0.6 is 0 Å². The largest absolute Gasteiger partial charge is 0.363 e. The van der Waals surface area contributed by atoms with E-state index in [1.165, 1.54) is 11.1 Å². The third kappa shape index (κ3) is 3.38. The highest BCUT2D eigenvalue weighted by Gasteiger charge is 2.22. The molecule has 6 heteroatoms. The van der Waals surface area contributed by atoms with Gasteiger partial charge in [0.1, 0.15) is 11.5 Å². The van der Waals surface area contributed by atoms with Crippen LogP contribution in [0.3, 0.4) is 0 Å². The van der Waals surface area contributed by atoms with E-state index >= 15 is 0 Å². The minimum absolute atomic E-state index is 0.0617. The monoisotopic (exact) mass is 382 g/mol. The summed E-state index contributed by atoms with van der Waals surface area (Å²) >= 11 is 0. The van der Waals surface area contributed by atoms with Gasteiger partial charge in [0.15, 0.2) is 5.82 Å². The first kappa shape index (κ1) is 17.6. The molecule has 29 heavy (non-hydrogen) atoms. The normalized spacial score (nSPS) is 13.8. The van der Waals surface area contributed by atoms with Gasteiger partial charge in [0.25, 0.3) is 0 Å². The summed E-state index contributed by atoms with van der Waals surface area (Å²) in [7, 11) is 0. The van der Waals surface area contributed by atoms with Crippen LogP contribution < -0.4 is 5.32 Å². The lowest BCUT2D eigenvalue weighted by Crippen LogP contribution is -2.14. The van der Waals surface area contributed by atoms with Crippen molar-refractivity contribution < 1.29 is 0 Å². The van der Waals surface area contributed by atoms with Gasteiger partial charge in [-0.25, -0.2) is 14.6 Å². The van der Waals surface area contributed by atoms with Crippen LogP contribution in [0, 0.1) is 0 Å². The maximum atomic E-state index is 4.87. The summed E-state index contributed by atoms with van der Waals surface area (Å²) in [6.07, 6.45) is 8.65. The molecule has 144 valence electrons. The van der Waals surface area contributed by atoms with E-state index in [1.807, 2.05) is 41.2 Å². The molecule has 4 aromatic rings. The molecule has 0 fully saturated rings. The number of pyridine rings is 1.